The highest BCUT2D eigenvalue weighted by molar-refractivity contribution is 5.94. The van der Waals surface area contributed by atoms with Crippen molar-refractivity contribution in [3.8, 4) is 5.75 Å². The summed E-state index contributed by atoms with van der Waals surface area (Å²) in [5.41, 5.74) is 4.66. The highest BCUT2D eigenvalue weighted by atomic mass is 16.5. The molecule has 0 aromatic heterocycles. The molecule has 0 fully saturated rings. The van der Waals surface area contributed by atoms with Crippen LogP contribution in [0.3, 0.4) is 0 Å². The normalized spacial score (nSPS) is 12.4. The Kier molecular flexibility index (Phi) is 5.72. The Labute approximate surface area is 159 Å². The fourth-order valence-corrected chi connectivity index (χ4v) is 3.13. The molecule has 0 spiro atoms. The molecule has 1 unspecified atom stereocenters. The molecule has 3 aromatic carbocycles. The summed E-state index contributed by atoms with van der Waals surface area (Å²) in [6.45, 7) is 1.71. The molecule has 3 heteroatoms. The standard InChI is InChI=1S/C24H22O3/c1-17(24(25)26)20-13-7-6-12-19(20)16-22(18-10-4-3-5-11-18)21-14-8-9-15-23(21)27-2/h3-17H,1-2H3,(H,25,26). The summed E-state index contributed by atoms with van der Waals surface area (Å²) < 4.78 is 5.57. The van der Waals surface area contributed by atoms with Gasteiger partial charge in [0.05, 0.1) is 13.0 Å². The summed E-state index contributed by atoms with van der Waals surface area (Å²) in [5.74, 6) is -0.655. The average Bonchev–Trinajstić information content (AvgIpc) is 2.72. The molecule has 136 valence electrons. The van der Waals surface area contributed by atoms with Crippen LogP contribution in [0.2, 0.25) is 0 Å². The zero-order chi connectivity index (χ0) is 19.2. The fraction of sp³-hybridized carbons (Fsp3) is 0.125. The van der Waals surface area contributed by atoms with E-state index >= 15 is 0 Å². The molecule has 0 amide bonds. The molecule has 1 N–H and O–H groups in total. The van der Waals surface area contributed by atoms with E-state index in [0.29, 0.717) is 0 Å². The Morgan fingerprint density at radius 2 is 1.56 bits per heavy atom. The minimum Gasteiger partial charge on any atom is -0.496 e. The summed E-state index contributed by atoms with van der Waals surface area (Å²) in [7, 11) is 1.65. The number of carboxylic acid groups (broad SMARTS) is 1. The van der Waals surface area contributed by atoms with Crippen molar-refractivity contribution in [1.82, 2.24) is 0 Å². The summed E-state index contributed by atoms with van der Waals surface area (Å²) in [6, 6.07) is 25.5. The van der Waals surface area contributed by atoms with Crippen molar-refractivity contribution in [2.75, 3.05) is 7.11 Å². The lowest BCUT2D eigenvalue weighted by atomic mass is 9.90. The first-order valence-corrected chi connectivity index (χ1v) is 8.84. The van der Waals surface area contributed by atoms with Gasteiger partial charge in [-0.05, 0) is 41.3 Å². The van der Waals surface area contributed by atoms with Gasteiger partial charge in [-0.15, -0.1) is 0 Å². The van der Waals surface area contributed by atoms with Gasteiger partial charge in [0.25, 0.3) is 0 Å². The van der Waals surface area contributed by atoms with Crippen molar-refractivity contribution in [1.29, 1.82) is 0 Å². The van der Waals surface area contributed by atoms with Gasteiger partial charge in [-0.1, -0.05) is 72.8 Å². The van der Waals surface area contributed by atoms with E-state index in [1.165, 1.54) is 0 Å². The smallest absolute Gasteiger partial charge is 0.310 e. The van der Waals surface area contributed by atoms with Crippen LogP contribution in [0.4, 0.5) is 0 Å². The molecule has 3 aromatic rings. The number of para-hydroxylation sites is 1. The maximum absolute atomic E-state index is 11.5. The fourth-order valence-electron chi connectivity index (χ4n) is 3.13. The first kappa shape index (κ1) is 18.5. The number of hydrogen-bond acceptors (Lipinski definition) is 2. The van der Waals surface area contributed by atoms with Gasteiger partial charge < -0.3 is 9.84 Å². The number of ether oxygens (including phenoxy) is 1. The van der Waals surface area contributed by atoms with Gasteiger partial charge >= 0.3 is 5.97 Å². The summed E-state index contributed by atoms with van der Waals surface area (Å²) in [4.78, 5) is 11.5. The van der Waals surface area contributed by atoms with Gasteiger partial charge in [-0.2, -0.15) is 0 Å². The van der Waals surface area contributed by atoms with E-state index in [1.54, 1.807) is 14.0 Å². The lowest BCUT2D eigenvalue weighted by Gasteiger charge is -2.15. The average molecular weight is 358 g/mol. The maximum Gasteiger partial charge on any atom is 0.310 e. The van der Waals surface area contributed by atoms with Gasteiger partial charge in [0, 0.05) is 5.56 Å². The van der Waals surface area contributed by atoms with Gasteiger partial charge in [-0.25, -0.2) is 0 Å². The minimum atomic E-state index is -0.839. The summed E-state index contributed by atoms with van der Waals surface area (Å²) >= 11 is 0. The van der Waals surface area contributed by atoms with Crippen molar-refractivity contribution in [3.05, 3.63) is 101 Å². The van der Waals surface area contributed by atoms with E-state index < -0.39 is 11.9 Å². The largest absolute Gasteiger partial charge is 0.496 e. The molecule has 0 bridgehead atoms. The Bertz CT molecular complexity index is 958. The van der Waals surface area contributed by atoms with Gasteiger partial charge in [-0.3, -0.25) is 4.79 Å². The quantitative estimate of drug-likeness (QED) is 0.594. The van der Waals surface area contributed by atoms with Crippen LogP contribution in [-0.2, 0) is 4.79 Å². The number of hydrogen-bond donors (Lipinski definition) is 1. The van der Waals surface area contributed by atoms with Crippen LogP contribution >= 0.6 is 0 Å². The molecule has 0 radical (unpaired) electrons. The van der Waals surface area contributed by atoms with Crippen LogP contribution in [0.1, 0.15) is 35.1 Å². The molecule has 0 aliphatic carbocycles. The highest BCUT2D eigenvalue weighted by Crippen LogP contribution is 2.34. The predicted molar refractivity (Wildman–Crippen MR) is 109 cm³/mol. The Morgan fingerprint density at radius 1 is 0.926 bits per heavy atom. The minimum absolute atomic E-state index is 0.591. The van der Waals surface area contributed by atoms with Crippen LogP contribution < -0.4 is 4.74 Å². The van der Waals surface area contributed by atoms with Gasteiger partial charge in [0.1, 0.15) is 5.75 Å². The number of aliphatic carboxylic acids is 1. The van der Waals surface area contributed by atoms with E-state index in [-0.39, 0.29) is 0 Å². The second-order valence-corrected chi connectivity index (χ2v) is 6.31. The van der Waals surface area contributed by atoms with Crippen molar-refractivity contribution in [2.24, 2.45) is 0 Å². The lowest BCUT2D eigenvalue weighted by Crippen LogP contribution is -2.08. The van der Waals surface area contributed by atoms with Crippen molar-refractivity contribution in [3.63, 3.8) is 0 Å². The van der Waals surface area contributed by atoms with Crippen LogP contribution in [0, 0.1) is 0 Å². The second-order valence-electron chi connectivity index (χ2n) is 6.31. The van der Waals surface area contributed by atoms with E-state index in [9.17, 15) is 9.90 Å². The third kappa shape index (κ3) is 4.09. The van der Waals surface area contributed by atoms with E-state index in [1.807, 2.05) is 84.9 Å². The highest BCUT2D eigenvalue weighted by Gasteiger charge is 2.17. The zero-order valence-corrected chi connectivity index (χ0v) is 15.4. The number of carboxylic acids is 1. The number of carbonyl (C=O) groups is 1. The molecule has 0 saturated carbocycles. The first-order valence-electron chi connectivity index (χ1n) is 8.84. The molecule has 0 aliphatic heterocycles. The van der Waals surface area contributed by atoms with Crippen molar-refractivity contribution < 1.29 is 14.6 Å². The number of methoxy groups -OCH3 is 1. The number of rotatable bonds is 6. The molecular formula is C24H22O3. The van der Waals surface area contributed by atoms with E-state index in [2.05, 4.69) is 0 Å². The maximum atomic E-state index is 11.5. The first-order chi connectivity index (χ1) is 13.1. The molecule has 27 heavy (non-hydrogen) atoms. The van der Waals surface area contributed by atoms with Crippen LogP contribution in [0.15, 0.2) is 78.9 Å². The predicted octanol–water partition coefficient (Wildman–Crippen LogP) is 5.47. The summed E-state index contributed by atoms with van der Waals surface area (Å²) in [6.07, 6.45) is 2.04. The van der Waals surface area contributed by atoms with Gasteiger partial charge in [0.15, 0.2) is 0 Å². The van der Waals surface area contributed by atoms with E-state index in [0.717, 1.165) is 33.6 Å². The number of benzene rings is 3. The summed E-state index contributed by atoms with van der Waals surface area (Å²) in [5, 5.41) is 9.47. The third-order valence-corrected chi connectivity index (χ3v) is 4.61. The molecular weight excluding hydrogens is 336 g/mol. The van der Waals surface area contributed by atoms with Crippen LogP contribution in [0.25, 0.3) is 11.6 Å². The molecule has 1 atom stereocenters. The molecule has 0 aliphatic rings. The lowest BCUT2D eigenvalue weighted by molar-refractivity contribution is -0.138. The zero-order valence-electron chi connectivity index (χ0n) is 15.4. The van der Waals surface area contributed by atoms with Crippen LogP contribution in [-0.4, -0.2) is 18.2 Å². The molecule has 0 heterocycles. The SMILES string of the molecule is COc1ccccc1C(=Cc1ccccc1C(C)C(=O)O)c1ccccc1. The molecule has 3 nitrogen and oxygen atoms in total. The topological polar surface area (TPSA) is 46.5 Å². The third-order valence-electron chi connectivity index (χ3n) is 4.61. The van der Waals surface area contributed by atoms with Crippen LogP contribution in [0.5, 0.6) is 5.75 Å². The Morgan fingerprint density at radius 3 is 2.26 bits per heavy atom. The Balaban J connectivity index is 2.23. The molecule has 0 saturated heterocycles. The van der Waals surface area contributed by atoms with Crippen molar-refractivity contribution in [2.45, 2.75) is 12.8 Å². The van der Waals surface area contributed by atoms with Gasteiger partial charge in [0.2, 0.25) is 0 Å². The Hall–Kier alpha value is -3.33. The second kappa shape index (κ2) is 8.37. The monoisotopic (exact) mass is 358 g/mol. The van der Waals surface area contributed by atoms with Crippen molar-refractivity contribution >= 4 is 17.6 Å². The van der Waals surface area contributed by atoms with E-state index in [4.69, 9.17) is 4.74 Å². The molecule has 3 rings (SSSR count).